The molecule has 5 heteroatoms. The van der Waals surface area contributed by atoms with Gasteiger partial charge in [0.05, 0.1) is 5.69 Å². The van der Waals surface area contributed by atoms with Crippen molar-refractivity contribution in [2.45, 2.75) is 72.8 Å². The highest BCUT2D eigenvalue weighted by Gasteiger charge is 2.26. The molecule has 1 aromatic heterocycles. The lowest BCUT2D eigenvalue weighted by molar-refractivity contribution is -0.124. The standard InChI is InChI=1S/C27H41N3O2/c1-5-15-29(16-6-2)17-9-12-26(31)23-13-18-30(19-14-23)20-25-22(4)32-27(28-25)24-11-8-7-10-21(24)3/h7-8,10-11,23H,5-6,9,12-20H2,1-4H3. The lowest BCUT2D eigenvalue weighted by atomic mass is 9.90. The monoisotopic (exact) mass is 439 g/mol. The smallest absolute Gasteiger partial charge is 0.226 e. The highest BCUT2D eigenvalue weighted by molar-refractivity contribution is 5.81. The van der Waals surface area contributed by atoms with Gasteiger partial charge in [-0.05, 0) is 90.3 Å². The van der Waals surface area contributed by atoms with Gasteiger partial charge in [0, 0.05) is 24.4 Å². The summed E-state index contributed by atoms with van der Waals surface area (Å²) < 4.78 is 5.98. The fourth-order valence-electron chi connectivity index (χ4n) is 4.78. The molecule has 0 spiro atoms. The predicted octanol–water partition coefficient (Wildman–Crippen LogP) is 5.64. The molecule has 0 aliphatic carbocycles. The zero-order valence-electron chi connectivity index (χ0n) is 20.5. The number of hydrogen-bond donors (Lipinski definition) is 0. The Hall–Kier alpha value is -1.98. The van der Waals surface area contributed by atoms with Gasteiger partial charge in [-0.1, -0.05) is 32.0 Å². The molecule has 1 saturated heterocycles. The number of Topliss-reactive ketones (excluding diaryl/α,β-unsaturated/α-hetero) is 1. The molecule has 0 N–H and O–H groups in total. The van der Waals surface area contributed by atoms with Crippen molar-refractivity contribution in [2.24, 2.45) is 5.92 Å². The van der Waals surface area contributed by atoms with Gasteiger partial charge in [-0.15, -0.1) is 0 Å². The molecule has 2 heterocycles. The number of oxazole rings is 1. The third-order valence-electron chi connectivity index (χ3n) is 6.66. The molecule has 32 heavy (non-hydrogen) atoms. The second-order valence-corrected chi connectivity index (χ2v) is 9.30. The number of ketones is 1. The zero-order chi connectivity index (χ0) is 22.9. The first kappa shape index (κ1) is 24.7. The van der Waals surface area contributed by atoms with E-state index in [-0.39, 0.29) is 5.92 Å². The average Bonchev–Trinajstić information content (AvgIpc) is 3.14. The molecule has 0 radical (unpaired) electrons. The molecule has 1 aromatic carbocycles. The van der Waals surface area contributed by atoms with Gasteiger partial charge in [0.15, 0.2) is 0 Å². The fourth-order valence-corrected chi connectivity index (χ4v) is 4.78. The van der Waals surface area contributed by atoms with Crippen molar-refractivity contribution in [3.63, 3.8) is 0 Å². The maximum absolute atomic E-state index is 12.7. The van der Waals surface area contributed by atoms with E-state index in [4.69, 9.17) is 9.40 Å². The second-order valence-electron chi connectivity index (χ2n) is 9.30. The molecule has 0 unspecified atom stereocenters. The normalized spacial score (nSPS) is 15.5. The van der Waals surface area contributed by atoms with Crippen LogP contribution in [0.1, 0.15) is 69.4 Å². The van der Waals surface area contributed by atoms with Gasteiger partial charge >= 0.3 is 0 Å². The summed E-state index contributed by atoms with van der Waals surface area (Å²) in [4.78, 5) is 22.5. The van der Waals surface area contributed by atoms with Gasteiger partial charge in [-0.3, -0.25) is 9.69 Å². The SMILES string of the molecule is CCCN(CCC)CCCC(=O)C1CCN(Cc2nc(-c3ccccc3C)oc2C)CC1. The second kappa shape index (κ2) is 12.3. The molecular weight excluding hydrogens is 398 g/mol. The Morgan fingerprint density at radius 3 is 2.44 bits per heavy atom. The number of likely N-dealkylation sites (tertiary alicyclic amines) is 1. The van der Waals surface area contributed by atoms with Gasteiger partial charge in [0.25, 0.3) is 0 Å². The Bertz CT molecular complexity index is 846. The largest absolute Gasteiger partial charge is 0.441 e. The van der Waals surface area contributed by atoms with Crippen LogP contribution < -0.4 is 0 Å². The lowest BCUT2D eigenvalue weighted by Gasteiger charge is -2.31. The van der Waals surface area contributed by atoms with E-state index in [0.29, 0.717) is 11.7 Å². The Kier molecular flexibility index (Phi) is 9.49. The Morgan fingerprint density at radius 2 is 1.78 bits per heavy atom. The van der Waals surface area contributed by atoms with E-state index in [0.717, 1.165) is 82.0 Å². The average molecular weight is 440 g/mol. The number of nitrogens with zero attached hydrogens (tertiary/aromatic N) is 3. The molecule has 3 rings (SSSR count). The van der Waals surface area contributed by atoms with Crippen LogP contribution in [0.5, 0.6) is 0 Å². The van der Waals surface area contributed by atoms with Crippen molar-refractivity contribution >= 4 is 5.78 Å². The number of rotatable bonds is 12. The number of piperidine rings is 1. The van der Waals surface area contributed by atoms with E-state index in [9.17, 15) is 4.79 Å². The van der Waals surface area contributed by atoms with E-state index in [1.54, 1.807) is 0 Å². The maximum Gasteiger partial charge on any atom is 0.226 e. The first-order chi connectivity index (χ1) is 15.5. The molecule has 0 amide bonds. The first-order valence-electron chi connectivity index (χ1n) is 12.5. The molecule has 0 saturated carbocycles. The lowest BCUT2D eigenvalue weighted by Crippen LogP contribution is -2.36. The minimum absolute atomic E-state index is 0.234. The van der Waals surface area contributed by atoms with Crippen molar-refractivity contribution in [3.8, 4) is 11.5 Å². The summed E-state index contributed by atoms with van der Waals surface area (Å²) in [6, 6.07) is 8.20. The summed E-state index contributed by atoms with van der Waals surface area (Å²) in [5, 5.41) is 0. The summed E-state index contributed by atoms with van der Waals surface area (Å²) in [7, 11) is 0. The van der Waals surface area contributed by atoms with Crippen LogP contribution in [0.4, 0.5) is 0 Å². The van der Waals surface area contributed by atoms with E-state index in [2.05, 4.69) is 42.7 Å². The quantitative estimate of drug-likeness (QED) is 0.428. The molecule has 176 valence electrons. The topological polar surface area (TPSA) is 49.6 Å². The number of benzene rings is 1. The van der Waals surface area contributed by atoms with Gasteiger partial charge < -0.3 is 9.32 Å². The third-order valence-corrected chi connectivity index (χ3v) is 6.66. The van der Waals surface area contributed by atoms with Gasteiger partial charge in [0.1, 0.15) is 11.5 Å². The first-order valence-corrected chi connectivity index (χ1v) is 12.5. The fraction of sp³-hybridized carbons (Fsp3) is 0.630. The van der Waals surface area contributed by atoms with Crippen molar-refractivity contribution < 1.29 is 9.21 Å². The Balaban J connectivity index is 1.45. The van der Waals surface area contributed by atoms with Crippen molar-refractivity contribution in [2.75, 3.05) is 32.7 Å². The van der Waals surface area contributed by atoms with E-state index >= 15 is 0 Å². The zero-order valence-corrected chi connectivity index (χ0v) is 20.5. The van der Waals surface area contributed by atoms with Crippen LogP contribution in [-0.2, 0) is 11.3 Å². The molecule has 1 aliphatic rings. The summed E-state index contributed by atoms with van der Waals surface area (Å²) >= 11 is 0. The number of carbonyl (C=O) groups is 1. The van der Waals surface area contributed by atoms with Gasteiger partial charge in [0.2, 0.25) is 5.89 Å². The minimum atomic E-state index is 0.234. The van der Waals surface area contributed by atoms with E-state index in [1.807, 2.05) is 19.1 Å². The van der Waals surface area contributed by atoms with Crippen LogP contribution in [0, 0.1) is 19.8 Å². The maximum atomic E-state index is 12.7. The van der Waals surface area contributed by atoms with Crippen LogP contribution in [0.15, 0.2) is 28.7 Å². The number of hydrogen-bond acceptors (Lipinski definition) is 5. The highest BCUT2D eigenvalue weighted by atomic mass is 16.4. The molecular formula is C27H41N3O2. The number of carbonyl (C=O) groups excluding carboxylic acids is 1. The van der Waals surface area contributed by atoms with Crippen LogP contribution in [0.3, 0.4) is 0 Å². The third kappa shape index (κ3) is 6.76. The van der Waals surface area contributed by atoms with Crippen LogP contribution in [0.2, 0.25) is 0 Å². The molecule has 1 fully saturated rings. The highest BCUT2D eigenvalue weighted by Crippen LogP contribution is 2.27. The van der Waals surface area contributed by atoms with Crippen molar-refractivity contribution in [3.05, 3.63) is 41.3 Å². The van der Waals surface area contributed by atoms with E-state index in [1.165, 1.54) is 18.4 Å². The van der Waals surface area contributed by atoms with E-state index < -0.39 is 0 Å². The van der Waals surface area contributed by atoms with Crippen molar-refractivity contribution in [1.29, 1.82) is 0 Å². The minimum Gasteiger partial charge on any atom is -0.441 e. The number of aromatic nitrogens is 1. The molecule has 0 bridgehead atoms. The van der Waals surface area contributed by atoms with Gasteiger partial charge in [-0.25, -0.2) is 4.98 Å². The predicted molar refractivity (Wildman–Crippen MR) is 131 cm³/mol. The summed E-state index contributed by atoms with van der Waals surface area (Å²) in [6.45, 7) is 14.6. The van der Waals surface area contributed by atoms with Gasteiger partial charge in [-0.2, -0.15) is 0 Å². The van der Waals surface area contributed by atoms with Crippen LogP contribution >= 0.6 is 0 Å². The summed E-state index contributed by atoms with van der Waals surface area (Å²) in [5.74, 6) is 2.31. The summed E-state index contributed by atoms with van der Waals surface area (Å²) in [5.41, 5.74) is 3.25. The van der Waals surface area contributed by atoms with Crippen molar-refractivity contribution in [1.82, 2.24) is 14.8 Å². The molecule has 2 aromatic rings. The molecule has 0 atom stereocenters. The Labute approximate surface area is 194 Å². The van der Waals surface area contributed by atoms with Crippen LogP contribution in [0.25, 0.3) is 11.5 Å². The number of aryl methyl sites for hydroxylation is 2. The Morgan fingerprint density at radius 1 is 1.09 bits per heavy atom. The molecule has 5 nitrogen and oxygen atoms in total. The summed E-state index contributed by atoms with van der Waals surface area (Å²) in [6.07, 6.45) is 6.03. The van der Waals surface area contributed by atoms with Crippen LogP contribution in [-0.4, -0.2) is 53.3 Å². The molecule has 1 aliphatic heterocycles.